The lowest BCUT2D eigenvalue weighted by atomic mass is 10.0. The van der Waals surface area contributed by atoms with Gasteiger partial charge in [0.25, 0.3) is 0 Å². The first-order chi connectivity index (χ1) is 15.9. The minimum Gasteiger partial charge on any atom is -0.340 e. The van der Waals surface area contributed by atoms with Crippen LogP contribution in [0.15, 0.2) is 47.3 Å². The molecule has 2 heterocycles. The van der Waals surface area contributed by atoms with Gasteiger partial charge in [0.2, 0.25) is 0 Å². The molecule has 0 radical (unpaired) electrons. The van der Waals surface area contributed by atoms with E-state index in [-0.39, 0.29) is 17.8 Å². The smallest absolute Gasteiger partial charge is 0.330 e. The molecule has 0 saturated heterocycles. The van der Waals surface area contributed by atoms with Crippen molar-refractivity contribution in [1.29, 1.82) is 0 Å². The van der Waals surface area contributed by atoms with Gasteiger partial charge in [0.05, 0.1) is 28.1 Å². The van der Waals surface area contributed by atoms with E-state index in [1.807, 2.05) is 27.3 Å². The molecule has 174 valence electrons. The van der Waals surface area contributed by atoms with Gasteiger partial charge in [-0.05, 0) is 75.3 Å². The second-order valence-electron chi connectivity index (χ2n) is 10.2. The quantitative estimate of drug-likeness (QED) is 0.355. The Morgan fingerprint density at radius 3 is 2.42 bits per heavy atom. The molecule has 1 fully saturated rings. The van der Waals surface area contributed by atoms with Crippen molar-refractivity contribution in [3.8, 4) is 0 Å². The molecule has 5 rings (SSSR count). The van der Waals surface area contributed by atoms with E-state index >= 15 is 0 Å². The van der Waals surface area contributed by atoms with Gasteiger partial charge in [-0.3, -0.25) is 9.13 Å². The van der Waals surface area contributed by atoms with Gasteiger partial charge in [-0.25, -0.2) is 9.78 Å². The number of benzene rings is 2. The zero-order valence-corrected chi connectivity index (χ0v) is 20.1. The molecule has 1 atom stereocenters. The van der Waals surface area contributed by atoms with Crippen LogP contribution in [0.2, 0.25) is 0 Å². The summed E-state index contributed by atoms with van der Waals surface area (Å²) < 4.78 is 3.87. The van der Waals surface area contributed by atoms with Gasteiger partial charge in [0.15, 0.2) is 0 Å². The molecule has 1 saturated carbocycles. The van der Waals surface area contributed by atoms with Gasteiger partial charge < -0.3 is 10.3 Å². The second kappa shape index (κ2) is 8.82. The van der Waals surface area contributed by atoms with Crippen LogP contribution in [0.1, 0.15) is 76.8 Å². The van der Waals surface area contributed by atoms with Crippen LogP contribution in [0.3, 0.4) is 0 Å². The summed E-state index contributed by atoms with van der Waals surface area (Å²) in [5, 5.41) is 3.58. The Balaban J connectivity index is 1.59. The first kappa shape index (κ1) is 22.0. The number of H-pyrrole nitrogens is 1. The summed E-state index contributed by atoms with van der Waals surface area (Å²) in [6, 6.07) is 15.2. The van der Waals surface area contributed by atoms with E-state index in [1.165, 1.54) is 18.4 Å². The minimum atomic E-state index is -0.134. The second-order valence-corrected chi connectivity index (χ2v) is 10.2. The number of para-hydroxylation sites is 2. The lowest BCUT2D eigenvalue weighted by Gasteiger charge is -2.18. The molecule has 0 aliphatic heterocycles. The Labute approximate surface area is 195 Å². The molecule has 0 amide bonds. The fourth-order valence-corrected chi connectivity index (χ4v) is 4.77. The number of hydrogen-bond donors (Lipinski definition) is 2. The molecule has 0 bridgehead atoms. The number of aromatic amines is 1. The summed E-state index contributed by atoms with van der Waals surface area (Å²) in [6.07, 6.45) is 4.45. The molecule has 2 aromatic heterocycles. The summed E-state index contributed by atoms with van der Waals surface area (Å²) >= 11 is 0. The zero-order chi connectivity index (χ0) is 23.1. The van der Waals surface area contributed by atoms with Gasteiger partial charge in [-0.1, -0.05) is 32.0 Å². The van der Waals surface area contributed by atoms with E-state index in [2.05, 4.69) is 62.3 Å². The van der Waals surface area contributed by atoms with Crippen LogP contribution >= 0.6 is 0 Å². The summed E-state index contributed by atoms with van der Waals surface area (Å²) in [6.45, 7) is 9.48. The third-order valence-corrected chi connectivity index (χ3v) is 6.71. The number of nitrogens with one attached hydrogen (secondary N) is 2. The maximum absolute atomic E-state index is 13.7. The maximum Gasteiger partial charge on any atom is 0.330 e. The van der Waals surface area contributed by atoms with Crippen LogP contribution in [-0.2, 0) is 6.54 Å². The summed E-state index contributed by atoms with van der Waals surface area (Å²) in [7, 11) is 0. The van der Waals surface area contributed by atoms with Gasteiger partial charge in [0, 0.05) is 18.6 Å². The van der Waals surface area contributed by atoms with Crippen molar-refractivity contribution in [1.82, 2.24) is 24.4 Å². The average Bonchev–Trinajstić information content (AvgIpc) is 3.44. The summed E-state index contributed by atoms with van der Waals surface area (Å²) in [5.74, 6) is 1.41. The van der Waals surface area contributed by atoms with E-state index in [4.69, 9.17) is 4.98 Å². The van der Waals surface area contributed by atoms with Crippen LogP contribution < -0.4 is 11.0 Å². The number of fused-ring (bicyclic) bond motifs is 2. The van der Waals surface area contributed by atoms with E-state index in [9.17, 15) is 4.79 Å². The third-order valence-electron chi connectivity index (χ3n) is 6.71. The molecule has 2 N–H and O–H groups in total. The van der Waals surface area contributed by atoms with Gasteiger partial charge in [0.1, 0.15) is 5.82 Å². The molecule has 2 aromatic carbocycles. The minimum absolute atomic E-state index is 0.0368. The number of hydrogen-bond acceptors (Lipinski definition) is 3. The molecule has 1 unspecified atom stereocenters. The molecule has 0 spiro atoms. The maximum atomic E-state index is 13.7. The predicted molar refractivity (Wildman–Crippen MR) is 135 cm³/mol. The largest absolute Gasteiger partial charge is 0.340 e. The number of rotatable bonds is 9. The molecular weight excluding hydrogens is 410 g/mol. The van der Waals surface area contributed by atoms with E-state index in [0.29, 0.717) is 12.0 Å². The van der Waals surface area contributed by atoms with Crippen molar-refractivity contribution in [2.24, 2.45) is 5.92 Å². The van der Waals surface area contributed by atoms with Crippen molar-refractivity contribution < 1.29 is 0 Å². The van der Waals surface area contributed by atoms with Crippen molar-refractivity contribution in [2.45, 2.75) is 78.0 Å². The van der Waals surface area contributed by atoms with Gasteiger partial charge >= 0.3 is 5.69 Å². The van der Waals surface area contributed by atoms with Crippen LogP contribution in [0.5, 0.6) is 0 Å². The highest BCUT2D eigenvalue weighted by atomic mass is 16.1. The average molecular weight is 446 g/mol. The van der Waals surface area contributed by atoms with Crippen LogP contribution in [-0.4, -0.2) is 25.1 Å². The highest BCUT2D eigenvalue weighted by molar-refractivity contribution is 5.78. The Kier molecular flexibility index (Phi) is 5.87. The van der Waals surface area contributed by atoms with Crippen LogP contribution in [0.25, 0.3) is 22.1 Å². The highest BCUT2D eigenvalue weighted by Crippen LogP contribution is 2.29. The molecule has 33 heavy (non-hydrogen) atoms. The predicted octanol–water partition coefficient (Wildman–Crippen LogP) is 5.54. The van der Waals surface area contributed by atoms with Crippen LogP contribution in [0.4, 0.5) is 0 Å². The molecular formula is C27H35N5O. The van der Waals surface area contributed by atoms with E-state index in [0.717, 1.165) is 47.3 Å². The zero-order valence-electron chi connectivity index (χ0n) is 20.1. The molecule has 6 nitrogen and oxygen atoms in total. The lowest BCUT2D eigenvalue weighted by Crippen LogP contribution is -2.29. The SMILES string of the molecule is CC(C)CCC(c1nc2ccc(CNC3CC3)cc2[nH]1)n1c(=O)n(C(C)C)c2ccccc21. The standard InChI is InChI=1S/C27H35N5O/c1-17(2)9-14-25(32-24-8-6-5-7-23(24)31(18(3)4)27(32)33)26-29-21-13-10-19(15-22(21)30-26)16-28-20-11-12-20/h5-8,10,13,15,17-18,20,25,28H,9,11-12,14,16H2,1-4H3,(H,29,30). The fraction of sp³-hybridized carbons (Fsp3) is 0.481. The van der Waals surface area contributed by atoms with Gasteiger partial charge in [-0.15, -0.1) is 0 Å². The highest BCUT2D eigenvalue weighted by Gasteiger charge is 2.26. The van der Waals surface area contributed by atoms with Crippen molar-refractivity contribution in [3.05, 3.63) is 64.3 Å². The Morgan fingerprint density at radius 2 is 1.76 bits per heavy atom. The topological polar surface area (TPSA) is 67.6 Å². The van der Waals surface area contributed by atoms with Gasteiger partial charge in [-0.2, -0.15) is 0 Å². The summed E-state index contributed by atoms with van der Waals surface area (Å²) in [4.78, 5) is 22.2. The normalized spacial score (nSPS) is 15.3. The van der Waals surface area contributed by atoms with Crippen molar-refractivity contribution >= 4 is 22.1 Å². The van der Waals surface area contributed by atoms with Crippen LogP contribution in [0, 0.1) is 5.92 Å². The fourth-order valence-electron chi connectivity index (χ4n) is 4.77. The van der Waals surface area contributed by atoms with Crippen molar-refractivity contribution in [2.75, 3.05) is 0 Å². The van der Waals surface area contributed by atoms with Crippen molar-refractivity contribution in [3.63, 3.8) is 0 Å². The first-order valence-electron chi connectivity index (χ1n) is 12.4. The molecule has 4 aromatic rings. The molecule has 1 aliphatic rings. The first-order valence-corrected chi connectivity index (χ1v) is 12.4. The summed E-state index contributed by atoms with van der Waals surface area (Å²) in [5.41, 5.74) is 5.24. The lowest BCUT2D eigenvalue weighted by molar-refractivity contribution is 0.438. The number of aromatic nitrogens is 4. The third kappa shape index (κ3) is 4.36. The molecule has 1 aliphatic carbocycles. The Bertz CT molecular complexity index is 1320. The Hall–Kier alpha value is -2.86. The van der Waals surface area contributed by atoms with E-state index < -0.39 is 0 Å². The monoisotopic (exact) mass is 445 g/mol. The number of nitrogens with zero attached hydrogens (tertiary/aromatic N) is 3. The number of imidazole rings is 2. The molecule has 6 heteroatoms. The Morgan fingerprint density at radius 1 is 1.03 bits per heavy atom. The van der Waals surface area contributed by atoms with E-state index in [1.54, 1.807) is 0 Å².